The van der Waals surface area contributed by atoms with Crippen molar-refractivity contribution < 1.29 is 14.4 Å². The van der Waals surface area contributed by atoms with Crippen molar-refractivity contribution in [2.45, 2.75) is 59.7 Å². The van der Waals surface area contributed by atoms with Crippen LogP contribution in [0.3, 0.4) is 0 Å². The fourth-order valence-corrected chi connectivity index (χ4v) is 10.2. The summed E-state index contributed by atoms with van der Waals surface area (Å²) in [5, 5.41) is 9.29. The third kappa shape index (κ3) is 5.85. The molecule has 0 unspecified atom stereocenters. The number of carbonyl (C=O) groups is 3. The molecule has 3 atom stereocenters. The molecule has 1 aliphatic heterocycles. The van der Waals surface area contributed by atoms with Crippen molar-refractivity contribution in [3.05, 3.63) is 45.6 Å². The molecular formula is C24H30N6O3Se3. The summed E-state index contributed by atoms with van der Waals surface area (Å²) in [6, 6.07) is -0.871. The minimum atomic E-state index is -0.290. The summed E-state index contributed by atoms with van der Waals surface area (Å²) in [4.78, 5) is 59.0. The van der Waals surface area contributed by atoms with Crippen LogP contribution >= 0.6 is 0 Å². The normalized spacial score (nSPS) is 21.2. The number of fused-ring (bicyclic) bond motifs is 6. The van der Waals surface area contributed by atoms with Crippen LogP contribution in [0.1, 0.15) is 105 Å². The van der Waals surface area contributed by atoms with Gasteiger partial charge in [0.1, 0.15) is 0 Å². The van der Waals surface area contributed by atoms with Crippen molar-refractivity contribution in [2.75, 3.05) is 0 Å². The van der Waals surface area contributed by atoms with Gasteiger partial charge in [0.2, 0.25) is 0 Å². The Morgan fingerprint density at radius 3 is 1.03 bits per heavy atom. The molecule has 6 bridgehead atoms. The summed E-state index contributed by atoms with van der Waals surface area (Å²) < 4.78 is 2.47. The minimum absolute atomic E-state index is 0.0955. The molecule has 1 aliphatic rings. The van der Waals surface area contributed by atoms with Crippen LogP contribution in [0.15, 0.2) is 14.8 Å². The van der Waals surface area contributed by atoms with Gasteiger partial charge in [0.05, 0.1) is 0 Å². The van der Waals surface area contributed by atoms with E-state index in [0.29, 0.717) is 17.1 Å². The van der Waals surface area contributed by atoms with Crippen molar-refractivity contribution in [1.29, 1.82) is 0 Å². The predicted octanol–water partition coefficient (Wildman–Crippen LogP) is 1.74. The maximum atomic E-state index is 13.1. The molecule has 36 heavy (non-hydrogen) atoms. The van der Waals surface area contributed by atoms with Gasteiger partial charge in [0, 0.05) is 0 Å². The summed E-state index contributed by atoms with van der Waals surface area (Å²) in [6.07, 6.45) is 0. The van der Waals surface area contributed by atoms with E-state index in [4.69, 9.17) is 0 Å². The van der Waals surface area contributed by atoms with Gasteiger partial charge in [0.15, 0.2) is 0 Å². The zero-order chi connectivity index (χ0) is 26.1. The number of carbonyl (C=O) groups excluding carboxylic acids is 3. The second kappa shape index (κ2) is 11.3. The van der Waals surface area contributed by atoms with Crippen molar-refractivity contribution in [3.63, 3.8) is 0 Å². The zero-order valence-electron chi connectivity index (χ0n) is 21.0. The second-order valence-corrected chi connectivity index (χ2v) is 15.4. The van der Waals surface area contributed by atoms with E-state index < -0.39 is 0 Å². The molecule has 0 fully saturated rings. The first-order chi connectivity index (χ1) is 17.0. The first-order valence-corrected chi connectivity index (χ1v) is 17.4. The van der Waals surface area contributed by atoms with E-state index in [0.717, 1.165) is 13.7 Å². The molecule has 0 saturated carbocycles. The number of hydrogen-bond acceptors (Lipinski definition) is 6. The summed E-state index contributed by atoms with van der Waals surface area (Å²) in [6.45, 7) is 12.2. The van der Waals surface area contributed by atoms with E-state index in [-0.39, 0.29) is 97.1 Å². The molecule has 0 radical (unpaired) electrons. The molecule has 0 spiro atoms. The van der Waals surface area contributed by atoms with Crippen LogP contribution in [-0.2, 0) is 0 Å². The molecule has 4 rings (SSSR count). The summed E-state index contributed by atoms with van der Waals surface area (Å²) in [7, 11) is 0. The Kier molecular flexibility index (Phi) is 8.55. The Labute approximate surface area is 228 Å². The van der Waals surface area contributed by atoms with Crippen molar-refractivity contribution in [1.82, 2.24) is 30.9 Å². The fourth-order valence-electron chi connectivity index (χ4n) is 3.79. The molecule has 3 amide bonds. The molecule has 4 heterocycles. The van der Waals surface area contributed by atoms with Gasteiger partial charge in [-0.15, -0.1) is 0 Å². The van der Waals surface area contributed by atoms with Crippen LogP contribution in [0.25, 0.3) is 0 Å². The zero-order valence-corrected chi connectivity index (χ0v) is 26.1. The van der Waals surface area contributed by atoms with Crippen LogP contribution in [-0.4, -0.2) is 76.2 Å². The second-order valence-electron chi connectivity index (χ2n) is 9.80. The van der Waals surface area contributed by atoms with E-state index in [1.54, 1.807) is 0 Å². The van der Waals surface area contributed by atoms with E-state index in [1.165, 1.54) is 0 Å². The molecule has 0 aliphatic carbocycles. The van der Waals surface area contributed by atoms with E-state index in [1.807, 2.05) is 56.4 Å². The number of nitrogens with one attached hydrogen (secondary N) is 3. The van der Waals surface area contributed by atoms with Crippen LogP contribution in [0.4, 0.5) is 0 Å². The van der Waals surface area contributed by atoms with Gasteiger partial charge < -0.3 is 0 Å². The Bertz CT molecular complexity index is 1110. The molecule has 9 nitrogen and oxygen atoms in total. The van der Waals surface area contributed by atoms with Crippen LogP contribution in [0.5, 0.6) is 0 Å². The first-order valence-electron chi connectivity index (χ1n) is 11.8. The van der Waals surface area contributed by atoms with E-state index >= 15 is 0 Å². The molecule has 0 saturated heterocycles. The third-order valence-electron chi connectivity index (χ3n) is 5.92. The van der Waals surface area contributed by atoms with Gasteiger partial charge in [-0.3, -0.25) is 0 Å². The summed E-state index contributed by atoms with van der Waals surface area (Å²) in [5.41, 5.74) is 1.12. The van der Waals surface area contributed by atoms with Crippen LogP contribution in [0, 0.1) is 17.8 Å². The van der Waals surface area contributed by atoms with Gasteiger partial charge in [-0.2, -0.15) is 0 Å². The summed E-state index contributed by atoms with van der Waals surface area (Å²) >= 11 is -0.428. The molecule has 12 heteroatoms. The molecule has 3 N–H and O–H groups in total. The number of rotatable bonds is 3. The van der Waals surface area contributed by atoms with Crippen molar-refractivity contribution in [2.24, 2.45) is 17.8 Å². The molecule has 0 aromatic carbocycles. The fraction of sp³-hybridized carbons (Fsp3) is 0.500. The van der Waals surface area contributed by atoms with Gasteiger partial charge in [0.25, 0.3) is 0 Å². The number of hydrogen-bond donors (Lipinski definition) is 3. The van der Waals surface area contributed by atoms with Crippen molar-refractivity contribution >= 4 is 61.2 Å². The quantitative estimate of drug-likeness (QED) is 0.361. The maximum absolute atomic E-state index is 13.1. The Morgan fingerprint density at radius 1 is 0.556 bits per heavy atom. The summed E-state index contributed by atoms with van der Waals surface area (Å²) in [5.74, 6) is -0.485. The number of amides is 3. The average Bonchev–Trinajstić information content (AvgIpc) is 3.58. The Hall–Kier alpha value is -1.80. The van der Waals surface area contributed by atoms with E-state index in [9.17, 15) is 14.4 Å². The molecular weight excluding hydrogens is 657 g/mol. The average molecular weight is 687 g/mol. The predicted molar refractivity (Wildman–Crippen MR) is 139 cm³/mol. The van der Waals surface area contributed by atoms with Gasteiger partial charge in [-0.05, 0) is 0 Å². The molecule has 3 aromatic rings. The number of aromatic nitrogens is 3. The topological polar surface area (TPSA) is 126 Å². The first kappa shape index (κ1) is 27.2. The van der Waals surface area contributed by atoms with E-state index in [2.05, 4.69) is 30.9 Å². The SMILES string of the molecule is CC(C)[C@@H]1NC(=O)c2c[se]c(n2)[C@H](C(C)C)NC(=O)c2c[se]c(n2)[C@H](C(C)C)NC(=O)c2c[se]c1n2. The van der Waals surface area contributed by atoms with Crippen LogP contribution in [0.2, 0.25) is 0 Å². The standard InChI is InChI=1S/C24H30N6O3Se3/c1-10(2)16-22-25-14(7-34-22)20(32)29-18(12(5)6)24-27-15(9-36-24)21(33)30-17(11(3)4)23-26-13(8-35-23)19(31)28-16/h7-12,16-18H,1-6H3,(H,28,31)(H,29,32)(H,30,33)/t16-,17-,18-/m0/s1. The van der Waals surface area contributed by atoms with Gasteiger partial charge >= 0.3 is 230 Å². The monoisotopic (exact) mass is 690 g/mol. The van der Waals surface area contributed by atoms with Crippen LogP contribution < -0.4 is 16.0 Å². The molecule has 192 valence electrons. The molecule has 3 aromatic heterocycles. The Balaban J connectivity index is 1.78. The number of nitrogens with zero attached hydrogens (tertiary/aromatic N) is 3. The van der Waals surface area contributed by atoms with Gasteiger partial charge in [-0.25, -0.2) is 0 Å². The Morgan fingerprint density at radius 2 is 0.806 bits per heavy atom. The third-order valence-corrected chi connectivity index (χ3v) is 11.8. The van der Waals surface area contributed by atoms with Crippen molar-refractivity contribution in [3.8, 4) is 0 Å². The van der Waals surface area contributed by atoms with Gasteiger partial charge in [-0.1, -0.05) is 0 Å².